The van der Waals surface area contributed by atoms with Crippen molar-refractivity contribution >= 4 is 21.9 Å². The minimum atomic E-state index is -3.66. The maximum absolute atomic E-state index is 12.5. The minimum absolute atomic E-state index is 0.0277. The molecular formula is C18H28N2O5S. The van der Waals surface area contributed by atoms with Crippen LogP contribution in [-0.4, -0.2) is 38.5 Å². The largest absolute Gasteiger partial charge is 0.481 e. The Hall–Kier alpha value is -1.93. The van der Waals surface area contributed by atoms with Crippen molar-refractivity contribution in [1.29, 1.82) is 0 Å². The molecule has 1 aromatic carbocycles. The molecule has 0 aliphatic rings. The molecule has 26 heavy (non-hydrogen) atoms. The summed E-state index contributed by atoms with van der Waals surface area (Å²) >= 11 is 0. The first kappa shape index (κ1) is 22.1. The second-order valence-corrected chi connectivity index (χ2v) is 8.13. The molecule has 0 saturated carbocycles. The van der Waals surface area contributed by atoms with E-state index in [2.05, 4.69) is 10.0 Å². The van der Waals surface area contributed by atoms with Crippen molar-refractivity contribution in [3.05, 3.63) is 28.8 Å². The van der Waals surface area contributed by atoms with Crippen LogP contribution in [0.15, 0.2) is 17.0 Å². The maximum Gasteiger partial charge on any atom is 0.303 e. The summed E-state index contributed by atoms with van der Waals surface area (Å²) in [5, 5.41) is 11.2. The van der Waals surface area contributed by atoms with Crippen molar-refractivity contribution in [2.75, 3.05) is 13.1 Å². The van der Waals surface area contributed by atoms with E-state index in [9.17, 15) is 18.0 Å². The van der Waals surface area contributed by atoms with E-state index < -0.39 is 16.0 Å². The van der Waals surface area contributed by atoms with Crippen LogP contribution in [0.4, 0.5) is 0 Å². The third kappa shape index (κ3) is 7.53. The van der Waals surface area contributed by atoms with Gasteiger partial charge in [-0.1, -0.05) is 24.1 Å². The second-order valence-electron chi connectivity index (χ2n) is 6.43. The number of amides is 1. The second kappa shape index (κ2) is 10.3. The molecule has 3 N–H and O–H groups in total. The fraction of sp³-hybridized carbons (Fsp3) is 0.556. The van der Waals surface area contributed by atoms with Gasteiger partial charge in [-0.3, -0.25) is 9.59 Å². The summed E-state index contributed by atoms with van der Waals surface area (Å²) in [6.45, 7) is 5.91. The molecule has 0 aliphatic carbocycles. The number of carbonyl (C=O) groups is 2. The van der Waals surface area contributed by atoms with Crippen molar-refractivity contribution in [1.82, 2.24) is 10.0 Å². The average molecular weight is 384 g/mol. The van der Waals surface area contributed by atoms with Crippen LogP contribution in [0.2, 0.25) is 0 Å². The van der Waals surface area contributed by atoms with Gasteiger partial charge in [0.1, 0.15) is 0 Å². The van der Waals surface area contributed by atoms with Gasteiger partial charge < -0.3 is 10.4 Å². The first-order valence-electron chi connectivity index (χ1n) is 8.69. The van der Waals surface area contributed by atoms with Gasteiger partial charge in [0.05, 0.1) is 4.90 Å². The maximum atomic E-state index is 12.5. The van der Waals surface area contributed by atoms with Crippen LogP contribution in [0, 0.1) is 20.8 Å². The van der Waals surface area contributed by atoms with E-state index in [-0.39, 0.29) is 30.2 Å². The monoisotopic (exact) mass is 384 g/mol. The third-order valence-corrected chi connectivity index (χ3v) is 5.67. The molecule has 146 valence electrons. The van der Waals surface area contributed by atoms with Gasteiger partial charge in [-0.15, -0.1) is 0 Å². The number of carbonyl (C=O) groups excluding carboxylic acids is 1. The number of carboxylic acid groups (broad SMARTS) is 1. The highest BCUT2D eigenvalue weighted by molar-refractivity contribution is 7.89. The summed E-state index contributed by atoms with van der Waals surface area (Å²) in [7, 11) is -3.66. The van der Waals surface area contributed by atoms with Gasteiger partial charge in [0.15, 0.2) is 0 Å². The number of nitrogens with one attached hydrogen (secondary N) is 2. The molecule has 8 heteroatoms. The highest BCUT2D eigenvalue weighted by Crippen LogP contribution is 2.21. The number of hydrogen-bond donors (Lipinski definition) is 3. The number of unbranched alkanes of at least 4 members (excludes halogenated alkanes) is 2. The SMILES string of the molecule is Cc1cc(C)c(S(=O)(=O)NCCC(=O)NCCCCCC(=O)O)c(C)c1. The van der Waals surface area contributed by atoms with Crippen LogP contribution in [-0.2, 0) is 19.6 Å². The van der Waals surface area contributed by atoms with Crippen LogP contribution in [0.3, 0.4) is 0 Å². The number of hydrogen-bond acceptors (Lipinski definition) is 4. The number of aliphatic carboxylic acids is 1. The lowest BCUT2D eigenvalue weighted by Crippen LogP contribution is -2.31. The Morgan fingerprint density at radius 1 is 0.962 bits per heavy atom. The van der Waals surface area contributed by atoms with Gasteiger partial charge in [-0.05, 0) is 44.7 Å². The minimum Gasteiger partial charge on any atom is -0.481 e. The number of aryl methyl sites for hydroxylation is 3. The van der Waals surface area contributed by atoms with Crippen molar-refractivity contribution in [3.63, 3.8) is 0 Å². The molecule has 0 spiro atoms. The van der Waals surface area contributed by atoms with Crippen LogP contribution in [0.25, 0.3) is 0 Å². The Balaban J connectivity index is 2.38. The van der Waals surface area contributed by atoms with Gasteiger partial charge in [-0.2, -0.15) is 0 Å². The predicted octanol–water partition coefficient (Wildman–Crippen LogP) is 2.04. The van der Waals surface area contributed by atoms with Gasteiger partial charge >= 0.3 is 5.97 Å². The standard InChI is InChI=1S/C18H28N2O5S/c1-13-11-14(2)18(15(3)12-13)26(24,25)20-10-8-16(21)19-9-6-4-5-7-17(22)23/h11-12,20H,4-10H2,1-3H3,(H,19,21)(H,22,23). The number of benzene rings is 1. The van der Waals surface area contributed by atoms with Crippen molar-refractivity contribution in [3.8, 4) is 0 Å². The zero-order valence-electron chi connectivity index (χ0n) is 15.6. The molecule has 0 unspecified atom stereocenters. The predicted molar refractivity (Wildman–Crippen MR) is 99.6 cm³/mol. The third-order valence-electron chi connectivity index (χ3n) is 3.91. The molecule has 0 radical (unpaired) electrons. The van der Waals surface area contributed by atoms with Crippen LogP contribution >= 0.6 is 0 Å². The van der Waals surface area contributed by atoms with Gasteiger partial charge in [0.25, 0.3) is 0 Å². The molecular weight excluding hydrogens is 356 g/mol. The summed E-state index contributed by atoms with van der Waals surface area (Å²) in [6, 6.07) is 3.64. The van der Waals surface area contributed by atoms with E-state index in [1.54, 1.807) is 13.8 Å². The lowest BCUT2D eigenvalue weighted by Gasteiger charge is -2.13. The summed E-state index contributed by atoms with van der Waals surface area (Å²) in [5.41, 5.74) is 2.36. The Bertz CT molecular complexity index is 721. The summed E-state index contributed by atoms with van der Waals surface area (Å²) in [4.78, 5) is 22.4. The van der Waals surface area contributed by atoms with E-state index in [1.165, 1.54) is 0 Å². The Labute approximate surface area is 155 Å². The van der Waals surface area contributed by atoms with Crippen LogP contribution < -0.4 is 10.0 Å². The highest BCUT2D eigenvalue weighted by atomic mass is 32.2. The van der Waals surface area contributed by atoms with Gasteiger partial charge in [0, 0.05) is 25.9 Å². The molecule has 0 fully saturated rings. The van der Waals surface area contributed by atoms with E-state index >= 15 is 0 Å². The van der Waals surface area contributed by atoms with E-state index in [0.717, 1.165) is 12.0 Å². The average Bonchev–Trinajstić information content (AvgIpc) is 2.48. The number of carboxylic acids is 1. The molecule has 1 amide bonds. The molecule has 0 bridgehead atoms. The fourth-order valence-corrected chi connectivity index (χ4v) is 4.34. The smallest absolute Gasteiger partial charge is 0.303 e. The molecule has 0 aliphatic heterocycles. The van der Waals surface area contributed by atoms with Gasteiger partial charge in [0.2, 0.25) is 15.9 Å². The van der Waals surface area contributed by atoms with E-state index in [1.807, 2.05) is 19.1 Å². The van der Waals surface area contributed by atoms with Gasteiger partial charge in [-0.25, -0.2) is 13.1 Å². The van der Waals surface area contributed by atoms with E-state index in [0.29, 0.717) is 30.5 Å². The molecule has 0 heterocycles. The highest BCUT2D eigenvalue weighted by Gasteiger charge is 2.19. The van der Waals surface area contributed by atoms with Crippen molar-refractivity contribution in [2.45, 2.75) is 57.8 Å². The lowest BCUT2D eigenvalue weighted by molar-refractivity contribution is -0.137. The molecule has 1 rings (SSSR count). The zero-order chi connectivity index (χ0) is 19.7. The fourth-order valence-electron chi connectivity index (χ4n) is 2.86. The summed E-state index contributed by atoms with van der Waals surface area (Å²) < 4.78 is 27.4. The molecule has 0 atom stereocenters. The summed E-state index contributed by atoms with van der Waals surface area (Å²) in [6.07, 6.45) is 2.20. The topological polar surface area (TPSA) is 113 Å². The first-order chi connectivity index (χ1) is 12.1. The number of rotatable bonds is 11. The van der Waals surface area contributed by atoms with E-state index in [4.69, 9.17) is 5.11 Å². The van der Waals surface area contributed by atoms with Crippen LogP contribution in [0.5, 0.6) is 0 Å². The molecule has 0 aromatic heterocycles. The Morgan fingerprint density at radius 2 is 1.58 bits per heavy atom. The molecule has 1 aromatic rings. The molecule has 7 nitrogen and oxygen atoms in total. The Kier molecular flexibility index (Phi) is 8.74. The Morgan fingerprint density at radius 3 is 2.15 bits per heavy atom. The zero-order valence-corrected chi connectivity index (χ0v) is 16.4. The lowest BCUT2D eigenvalue weighted by atomic mass is 10.1. The number of sulfonamides is 1. The normalized spacial score (nSPS) is 11.3. The van der Waals surface area contributed by atoms with Crippen molar-refractivity contribution in [2.24, 2.45) is 0 Å². The quantitative estimate of drug-likeness (QED) is 0.505. The molecule has 0 saturated heterocycles. The first-order valence-corrected chi connectivity index (χ1v) is 10.2. The summed E-state index contributed by atoms with van der Waals surface area (Å²) in [5.74, 6) is -1.05. The van der Waals surface area contributed by atoms with Crippen molar-refractivity contribution < 1.29 is 23.1 Å². The van der Waals surface area contributed by atoms with Crippen LogP contribution in [0.1, 0.15) is 48.8 Å².